The molecule has 88 valence electrons. The lowest BCUT2D eigenvalue weighted by atomic mass is 9.98. The molecule has 0 aliphatic heterocycles. The zero-order chi connectivity index (χ0) is 12.5. The zero-order valence-electron chi connectivity index (χ0n) is 8.94. The Morgan fingerprint density at radius 2 is 1.94 bits per heavy atom. The highest BCUT2D eigenvalue weighted by Gasteiger charge is 2.22. The molecule has 0 amide bonds. The van der Waals surface area contributed by atoms with Gasteiger partial charge in [-0.25, -0.2) is 4.79 Å². The quantitative estimate of drug-likeness (QED) is 0.798. The Morgan fingerprint density at radius 1 is 1.38 bits per heavy atom. The van der Waals surface area contributed by atoms with Crippen molar-refractivity contribution >= 4 is 21.9 Å². The predicted molar refractivity (Wildman–Crippen MR) is 62.5 cm³/mol. The first-order valence-electron chi connectivity index (χ1n) is 4.77. The van der Waals surface area contributed by atoms with Gasteiger partial charge in [0.1, 0.15) is 5.75 Å². The van der Waals surface area contributed by atoms with Gasteiger partial charge in [-0.1, -0.05) is 13.8 Å². The lowest BCUT2D eigenvalue weighted by Crippen LogP contribution is -2.11. The number of carbonyl (C=O) groups is 1. The third kappa shape index (κ3) is 2.54. The maximum atomic E-state index is 10.7. The van der Waals surface area contributed by atoms with Crippen LogP contribution in [0.3, 0.4) is 0 Å². The molecule has 0 spiro atoms. The van der Waals surface area contributed by atoms with E-state index in [9.17, 15) is 15.0 Å². The summed E-state index contributed by atoms with van der Waals surface area (Å²) in [6.45, 7) is 3.88. The molecule has 0 saturated carbocycles. The second kappa shape index (κ2) is 4.84. The van der Waals surface area contributed by atoms with Gasteiger partial charge in [0.15, 0.2) is 6.10 Å². The van der Waals surface area contributed by atoms with Crippen LogP contribution in [0.1, 0.15) is 37.0 Å². The molecule has 1 atom stereocenters. The smallest absolute Gasteiger partial charge is 0.337 e. The van der Waals surface area contributed by atoms with Crippen molar-refractivity contribution in [1.82, 2.24) is 0 Å². The van der Waals surface area contributed by atoms with Gasteiger partial charge in [-0.3, -0.25) is 0 Å². The summed E-state index contributed by atoms with van der Waals surface area (Å²) in [7, 11) is 0. The molecule has 16 heavy (non-hydrogen) atoms. The zero-order valence-corrected chi connectivity index (χ0v) is 10.5. The number of hydrogen-bond acceptors (Lipinski definition) is 3. The standard InChI is InChI=1S/C11H13BrO4/c1-5(2)6-3-7(10(14)11(15)16)9(13)8(12)4-6/h3-5,10,13-14H,1-2H3,(H,15,16). The van der Waals surface area contributed by atoms with Crippen LogP contribution >= 0.6 is 15.9 Å². The van der Waals surface area contributed by atoms with Crippen LogP contribution in [0.5, 0.6) is 5.75 Å². The number of carboxylic acid groups (broad SMARTS) is 1. The molecule has 0 aliphatic rings. The molecule has 0 saturated heterocycles. The van der Waals surface area contributed by atoms with Gasteiger partial charge in [0.2, 0.25) is 0 Å². The lowest BCUT2D eigenvalue weighted by Gasteiger charge is -2.14. The van der Waals surface area contributed by atoms with E-state index >= 15 is 0 Å². The van der Waals surface area contributed by atoms with E-state index in [-0.39, 0.29) is 17.2 Å². The molecule has 0 heterocycles. The fourth-order valence-corrected chi connectivity index (χ4v) is 1.81. The number of hydrogen-bond donors (Lipinski definition) is 3. The summed E-state index contributed by atoms with van der Waals surface area (Å²) in [5.41, 5.74) is 0.852. The summed E-state index contributed by atoms with van der Waals surface area (Å²) < 4.78 is 0.383. The van der Waals surface area contributed by atoms with Crippen LogP contribution in [0.4, 0.5) is 0 Å². The average molecular weight is 289 g/mol. The Morgan fingerprint density at radius 3 is 2.38 bits per heavy atom. The number of phenols is 1. The van der Waals surface area contributed by atoms with Crippen molar-refractivity contribution in [1.29, 1.82) is 0 Å². The molecule has 4 nitrogen and oxygen atoms in total. The van der Waals surface area contributed by atoms with E-state index in [1.54, 1.807) is 6.07 Å². The molecule has 5 heteroatoms. The number of carboxylic acids is 1. The third-order valence-corrected chi connectivity index (χ3v) is 2.91. The highest BCUT2D eigenvalue weighted by molar-refractivity contribution is 9.10. The van der Waals surface area contributed by atoms with E-state index in [0.29, 0.717) is 4.47 Å². The van der Waals surface area contributed by atoms with Gasteiger partial charge in [-0.05, 0) is 39.5 Å². The van der Waals surface area contributed by atoms with Crippen LogP contribution in [0.15, 0.2) is 16.6 Å². The molecule has 3 N–H and O–H groups in total. The first-order valence-corrected chi connectivity index (χ1v) is 5.57. The summed E-state index contributed by atoms with van der Waals surface area (Å²) in [4.78, 5) is 10.7. The van der Waals surface area contributed by atoms with Gasteiger partial charge in [0.25, 0.3) is 0 Å². The van der Waals surface area contributed by atoms with E-state index in [4.69, 9.17) is 5.11 Å². The highest BCUT2D eigenvalue weighted by atomic mass is 79.9. The number of rotatable bonds is 3. The summed E-state index contributed by atoms with van der Waals surface area (Å²) in [5, 5.41) is 27.8. The Balaban J connectivity index is 3.32. The average Bonchev–Trinajstić information content (AvgIpc) is 2.20. The van der Waals surface area contributed by atoms with E-state index in [1.165, 1.54) is 6.07 Å². The SMILES string of the molecule is CC(C)c1cc(Br)c(O)c(C(O)C(=O)O)c1. The van der Waals surface area contributed by atoms with Crippen molar-refractivity contribution in [3.63, 3.8) is 0 Å². The number of aromatic hydroxyl groups is 1. The molecule has 0 radical (unpaired) electrons. The molecule has 1 unspecified atom stereocenters. The van der Waals surface area contributed by atoms with Crippen molar-refractivity contribution in [2.24, 2.45) is 0 Å². The summed E-state index contributed by atoms with van der Waals surface area (Å²) >= 11 is 3.13. The van der Waals surface area contributed by atoms with E-state index in [2.05, 4.69) is 15.9 Å². The van der Waals surface area contributed by atoms with Crippen LogP contribution in [-0.2, 0) is 4.79 Å². The van der Waals surface area contributed by atoms with Gasteiger partial charge in [-0.15, -0.1) is 0 Å². The normalized spacial score (nSPS) is 12.8. The first kappa shape index (κ1) is 13.0. The Labute approximate surface area is 102 Å². The molecule has 1 aromatic carbocycles. The van der Waals surface area contributed by atoms with E-state index in [0.717, 1.165) is 5.56 Å². The van der Waals surface area contributed by atoms with Crippen molar-refractivity contribution in [2.75, 3.05) is 0 Å². The summed E-state index contributed by atoms with van der Waals surface area (Å²) in [6.07, 6.45) is -1.71. The number of phenolic OH excluding ortho intramolecular Hbond substituents is 1. The number of benzene rings is 1. The number of aliphatic hydroxyl groups is 1. The van der Waals surface area contributed by atoms with Crippen LogP contribution < -0.4 is 0 Å². The molecular weight excluding hydrogens is 276 g/mol. The van der Waals surface area contributed by atoms with Crippen LogP contribution in [0, 0.1) is 0 Å². The Hall–Kier alpha value is -1.07. The van der Waals surface area contributed by atoms with Crippen LogP contribution in [0.25, 0.3) is 0 Å². The molecule has 1 aromatic rings. The van der Waals surface area contributed by atoms with Crippen LogP contribution in [-0.4, -0.2) is 21.3 Å². The third-order valence-electron chi connectivity index (χ3n) is 2.31. The minimum absolute atomic E-state index is 0.00516. The molecule has 0 aromatic heterocycles. The molecule has 0 aliphatic carbocycles. The number of aliphatic hydroxyl groups excluding tert-OH is 1. The predicted octanol–water partition coefficient (Wildman–Crippen LogP) is 2.40. The Kier molecular flexibility index (Phi) is 3.93. The van der Waals surface area contributed by atoms with Gasteiger partial charge in [0, 0.05) is 5.56 Å². The second-order valence-electron chi connectivity index (χ2n) is 3.84. The van der Waals surface area contributed by atoms with Gasteiger partial charge >= 0.3 is 5.97 Å². The monoisotopic (exact) mass is 288 g/mol. The molecule has 0 bridgehead atoms. The van der Waals surface area contributed by atoms with Gasteiger partial charge in [0.05, 0.1) is 4.47 Å². The van der Waals surface area contributed by atoms with Crippen molar-refractivity contribution < 1.29 is 20.1 Å². The van der Waals surface area contributed by atoms with Crippen molar-refractivity contribution in [3.05, 3.63) is 27.7 Å². The fourth-order valence-electron chi connectivity index (χ4n) is 1.32. The first-order chi connectivity index (χ1) is 7.34. The highest BCUT2D eigenvalue weighted by Crippen LogP contribution is 2.35. The lowest BCUT2D eigenvalue weighted by molar-refractivity contribution is -0.147. The maximum absolute atomic E-state index is 10.7. The summed E-state index contributed by atoms with van der Waals surface area (Å²) in [5.74, 6) is -1.45. The van der Waals surface area contributed by atoms with Crippen molar-refractivity contribution in [3.8, 4) is 5.75 Å². The maximum Gasteiger partial charge on any atom is 0.337 e. The molecular formula is C11H13BrO4. The topological polar surface area (TPSA) is 77.8 Å². The Bertz CT molecular complexity index is 415. The minimum Gasteiger partial charge on any atom is -0.506 e. The largest absolute Gasteiger partial charge is 0.506 e. The second-order valence-corrected chi connectivity index (χ2v) is 4.69. The van der Waals surface area contributed by atoms with Gasteiger partial charge in [-0.2, -0.15) is 0 Å². The fraction of sp³-hybridized carbons (Fsp3) is 0.364. The summed E-state index contributed by atoms with van der Waals surface area (Å²) in [6, 6.07) is 3.21. The van der Waals surface area contributed by atoms with Crippen molar-refractivity contribution in [2.45, 2.75) is 25.9 Å². The van der Waals surface area contributed by atoms with E-state index in [1.807, 2.05) is 13.8 Å². The van der Waals surface area contributed by atoms with Gasteiger partial charge < -0.3 is 15.3 Å². The number of halogens is 1. The number of aliphatic carboxylic acids is 1. The molecule has 0 fully saturated rings. The minimum atomic E-state index is -1.71. The van der Waals surface area contributed by atoms with E-state index < -0.39 is 12.1 Å². The van der Waals surface area contributed by atoms with Crippen LogP contribution in [0.2, 0.25) is 0 Å². The molecule has 1 rings (SSSR count).